The van der Waals surface area contributed by atoms with Crippen molar-refractivity contribution in [3.63, 3.8) is 0 Å². The number of hydrogen-bond donors (Lipinski definition) is 1. The molecule has 2 heteroatoms. The zero-order valence-electron chi connectivity index (χ0n) is 10.7. The first-order valence-corrected chi connectivity index (χ1v) is 6.58. The van der Waals surface area contributed by atoms with Crippen molar-refractivity contribution in [1.82, 2.24) is 4.98 Å². The number of aromatic nitrogens is 1. The fourth-order valence-electron chi connectivity index (χ4n) is 2.71. The number of rotatable bonds is 1. The molecule has 3 aromatic carbocycles. The molecule has 0 bridgehead atoms. The standard InChI is InChI=1S/C18H12FN/c19-16-11-18-15(13-8-4-5-9-17(13)20-18)10-14(16)12-6-2-1-3-7-12/h1-11,20H. The van der Waals surface area contributed by atoms with Gasteiger partial charge in [0.05, 0.1) is 0 Å². The van der Waals surface area contributed by atoms with Gasteiger partial charge >= 0.3 is 0 Å². The molecule has 1 aromatic heterocycles. The van der Waals surface area contributed by atoms with Gasteiger partial charge < -0.3 is 4.98 Å². The summed E-state index contributed by atoms with van der Waals surface area (Å²) in [5, 5.41) is 2.18. The van der Waals surface area contributed by atoms with Gasteiger partial charge in [-0.25, -0.2) is 4.39 Å². The van der Waals surface area contributed by atoms with E-state index in [0.717, 1.165) is 27.4 Å². The molecule has 0 radical (unpaired) electrons. The van der Waals surface area contributed by atoms with Crippen LogP contribution in [-0.2, 0) is 0 Å². The molecule has 1 nitrogen and oxygen atoms in total. The van der Waals surface area contributed by atoms with E-state index in [2.05, 4.69) is 11.1 Å². The first-order valence-electron chi connectivity index (χ1n) is 6.58. The van der Waals surface area contributed by atoms with Crippen LogP contribution in [0.25, 0.3) is 32.9 Å². The Hall–Kier alpha value is -2.61. The zero-order chi connectivity index (χ0) is 13.5. The summed E-state index contributed by atoms with van der Waals surface area (Å²) in [6.45, 7) is 0. The van der Waals surface area contributed by atoms with Crippen LogP contribution in [0.3, 0.4) is 0 Å². The summed E-state index contributed by atoms with van der Waals surface area (Å²) < 4.78 is 14.3. The van der Waals surface area contributed by atoms with Gasteiger partial charge in [0, 0.05) is 27.4 Å². The lowest BCUT2D eigenvalue weighted by molar-refractivity contribution is 0.633. The van der Waals surface area contributed by atoms with E-state index in [9.17, 15) is 4.39 Å². The highest BCUT2D eigenvalue weighted by Crippen LogP contribution is 2.31. The second kappa shape index (κ2) is 4.20. The van der Waals surface area contributed by atoms with Crippen molar-refractivity contribution in [3.8, 4) is 11.1 Å². The van der Waals surface area contributed by atoms with Crippen LogP contribution in [0.5, 0.6) is 0 Å². The number of para-hydroxylation sites is 1. The third-order valence-corrected chi connectivity index (χ3v) is 3.68. The molecular formula is C18H12FN. The van der Waals surface area contributed by atoms with Crippen molar-refractivity contribution in [2.75, 3.05) is 0 Å². The second-order valence-corrected chi connectivity index (χ2v) is 4.91. The summed E-state index contributed by atoms with van der Waals surface area (Å²) in [5.74, 6) is -0.199. The Morgan fingerprint density at radius 3 is 2.30 bits per heavy atom. The lowest BCUT2D eigenvalue weighted by Crippen LogP contribution is -1.84. The van der Waals surface area contributed by atoms with Gasteiger partial charge in [0.2, 0.25) is 0 Å². The van der Waals surface area contributed by atoms with Crippen LogP contribution in [0.1, 0.15) is 0 Å². The van der Waals surface area contributed by atoms with Crippen LogP contribution >= 0.6 is 0 Å². The number of aromatic amines is 1. The zero-order valence-corrected chi connectivity index (χ0v) is 10.7. The third kappa shape index (κ3) is 1.62. The van der Waals surface area contributed by atoms with E-state index >= 15 is 0 Å². The topological polar surface area (TPSA) is 15.8 Å². The van der Waals surface area contributed by atoms with E-state index in [1.54, 1.807) is 6.07 Å². The number of halogens is 1. The number of benzene rings is 3. The molecule has 0 atom stereocenters. The highest BCUT2D eigenvalue weighted by molar-refractivity contribution is 6.08. The highest BCUT2D eigenvalue weighted by atomic mass is 19.1. The lowest BCUT2D eigenvalue weighted by Gasteiger charge is -2.04. The predicted octanol–water partition coefficient (Wildman–Crippen LogP) is 5.13. The minimum Gasteiger partial charge on any atom is -0.354 e. The summed E-state index contributed by atoms with van der Waals surface area (Å²) >= 11 is 0. The van der Waals surface area contributed by atoms with Gasteiger partial charge in [0.1, 0.15) is 5.82 Å². The Bertz CT molecular complexity index is 907. The minimum atomic E-state index is -0.199. The third-order valence-electron chi connectivity index (χ3n) is 3.68. The smallest absolute Gasteiger partial charge is 0.133 e. The van der Waals surface area contributed by atoms with Gasteiger partial charge in [0.15, 0.2) is 0 Å². The summed E-state index contributed by atoms with van der Waals surface area (Å²) in [5.41, 5.74) is 3.41. The first kappa shape index (κ1) is 11.2. The van der Waals surface area contributed by atoms with Gasteiger partial charge in [-0.1, -0.05) is 48.5 Å². The Labute approximate surface area is 115 Å². The van der Waals surface area contributed by atoms with Crippen molar-refractivity contribution in [2.45, 2.75) is 0 Å². The Morgan fingerprint density at radius 2 is 1.45 bits per heavy atom. The summed E-state index contributed by atoms with van der Waals surface area (Å²) in [4.78, 5) is 3.26. The van der Waals surface area contributed by atoms with Gasteiger partial charge in [-0.2, -0.15) is 0 Å². The maximum atomic E-state index is 14.3. The Balaban J connectivity index is 2.08. The molecule has 20 heavy (non-hydrogen) atoms. The van der Waals surface area contributed by atoms with Gasteiger partial charge in [0.25, 0.3) is 0 Å². The lowest BCUT2D eigenvalue weighted by atomic mass is 10.0. The maximum absolute atomic E-state index is 14.3. The van der Waals surface area contributed by atoms with E-state index in [-0.39, 0.29) is 5.82 Å². The maximum Gasteiger partial charge on any atom is 0.133 e. The summed E-state index contributed by atoms with van der Waals surface area (Å²) in [6.07, 6.45) is 0. The van der Waals surface area contributed by atoms with E-state index in [4.69, 9.17) is 0 Å². The number of fused-ring (bicyclic) bond motifs is 3. The van der Waals surface area contributed by atoms with Gasteiger partial charge in [-0.05, 0) is 23.8 Å². The second-order valence-electron chi connectivity index (χ2n) is 4.91. The first-order chi connectivity index (χ1) is 9.83. The molecule has 1 heterocycles. The van der Waals surface area contributed by atoms with E-state index in [0.29, 0.717) is 5.56 Å². The summed E-state index contributed by atoms with van der Waals surface area (Å²) in [7, 11) is 0. The van der Waals surface area contributed by atoms with Crippen LogP contribution in [0.15, 0.2) is 66.7 Å². The molecule has 0 saturated carbocycles. The van der Waals surface area contributed by atoms with Crippen molar-refractivity contribution in [1.29, 1.82) is 0 Å². The van der Waals surface area contributed by atoms with Crippen LogP contribution in [0, 0.1) is 5.82 Å². The van der Waals surface area contributed by atoms with Gasteiger partial charge in [-0.15, -0.1) is 0 Å². The molecule has 1 N–H and O–H groups in total. The molecule has 0 spiro atoms. The van der Waals surface area contributed by atoms with Crippen LogP contribution in [-0.4, -0.2) is 4.98 Å². The average Bonchev–Trinajstić information content (AvgIpc) is 2.84. The fourth-order valence-corrected chi connectivity index (χ4v) is 2.71. The van der Waals surface area contributed by atoms with Gasteiger partial charge in [-0.3, -0.25) is 0 Å². The van der Waals surface area contributed by atoms with Crippen LogP contribution in [0.4, 0.5) is 4.39 Å². The molecule has 0 aliphatic rings. The van der Waals surface area contributed by atoms with Crippen molar-refractivity contribution in [2.24, 2.45) is 0 Å². The van der Waals surface area contributed by atoms with E-state index in [1.165, 1.54) is 0 Å². The van der Waals surface area contributed by atoms with Crippen molar-refractivity contribution < 1.29 is 4.39 Å². The highest BCUT2D eigenvalue weighted by Gasteiger charge is 2.10. The SMILES string of the molecule is Fc1cc2[nH]c3ccccc3c2cc1-c1ccccc1. The van der Waals surface area contributed by atoms with E-state index < -0.39 is 0 Å². The molecule has 0 unspecified atom stereocenters. The molecule has 0 fully saturated rings. The molecule has 0 aliphatic carbocycles. The quantitative estimate of drug-likeness (QED) is 0.489. The molecule has 96 valence electrons. The van der Waals surface area contributed by atoms with Crippen LogP contribution < -0.4 is 0 Å². The molecule has 0 saturated heterocycles. The molecular weight excluding hydrogens is 249 g/mol. The Morgan fingerprint density at radius 1 is 0.700 bits per heavy atom. The number of H-pyrrole nitrogens is 1. The van der Waals surface area contributed by atoms with Crippen molar-refractivity contribution in [3.05, 3.63) is 72.5 Å². The normalized spacial score (nSPS) is 11.2. The molecule has 0 amide bonds. The van der Waals surface area contributed by atoms with Crippen molar-refractivity contribution >= 4 is 21.8 Å². The molecule has 0 aliphatic heterocycles. The largest absolute Gasteiger partial charge is 0.354 e. The number of hydrogen-bond acceptors (Lipinski definition) is 0. The summed E-state index contributed by atoms with van der Waals surface area (Å²) in [6, 6.07) is 21.2. The number of nitrogens with one attached hydrogen (secondary N) is 1. The molecule has 4 aromatic rings. The minimum absolute atomic E-state index is 0.199. The fraction of sp³-hybridized carbons (Fsp3) is 0. The average molecular weight is 261 g/mol. The monoisotopic (exact) mass is 261 g/mol. The van der Waals surface area contributed by atoms with E-state index in [1.807, 2.05) is 54.6 Å². The Kier molecular flexibility index (Phi) is 2.36. The predicted molar refractivity (Wildman–Crippen MR) is 81.2 cm³/mol. The molecule has 4 rings (SSSR count). The van der Waals surface area contributed by atoms with Crippen LogP contribution in [0.2, 0.25) is 0 Å².